The Morgan fingerprint density at radius 2 is 2.36 bits per heavy atom. The van der Waals surface area contributed by atoms with Gasteiger partial charge in [-0.2, -0.15) is 5.26 Å². The first kappa shape index (κ1) is 7.89. The van der Waals surface area contributed by atoms with Crippen molar-refractivity contribution in [2.45, 2.75) is 5.03 Å². The van der Waals surface area contributed by atoms with Crippen molar-refractivity contribution in [1.29, 1.82) is 5.26 Å². The second kappa shape index (κ2) is 3.26. The van der Waals surface area contributed by atoms with E-state index in [9.17, 15) is 0 Å². The van der Waals surface area contributed by atoms with Gasteiger partial charge in [-0.3, -0.25) is 0 Å². The third kappa shape index (κ3) is 1.63. The molecule has 4 heteroatoms. The molecular formula is C7H7N3S. The molecule has 1 aromatic rings. The van der Waals surface area contributed by atoms with Gasteiger partial charge in [0.2, 0.25) is 0 Å². The van der Waals surface area contributed by atoms with Crippen molar-refractivity contribution in [3.05, 3.63) is 17.8 Å². The largest absolute Gasteiger partial charge is 0.396 e. The highest BCUT2D eigenvalue weighted by atomic mass is 32.2. The highest BCUT2D eigenvalue weighted by Gasteiger charge is 1.99. The topological polar surface area (TPSA) is 62.7 Å². The average molecular weight is 165 g/mol. The molecule has 2 N–H and O–H groups in total. The van der Waals surface area contributed by atoms with Crippen molar-refractivity contribution in [2.75, 3.05) is 12.0 Å². The molecule has 0 atom stereocenters. The van der Waals surface area contributed by atoms with Crippen LogP contribution in [0.15, 0.2) is 17.2 Å². The molecule has 0 fully saturated rings. The van der Waals surface area contributed by atoms with Crippen LogP contribution < -0.4 is 5.73 Å². The highest BCUT2D eigenvalue weighted by molar-refractivity contribution is 7.98. The monoisotopic (exact) mass is 165 g/mol. The van der Waals surface area contributed by atoms with Crippen LogP contribution in [0.25, 0.3) is 0 Å². The highest BCUT2D eigenvalue weighted by Crippen LogP contribution is 2.15. The normalized spacial score (nSPS) is 9.09. The lowest BCUT2D eigenvalue weighted by Crippen LogP contribution is -1.93. The molecule has 0 aliphatic rings. The Balaban J connectivity index is 3.15. The molecule has 56 valence electrons. The van der Waals surface area contributed by atoms with Gasteiger partial charge >= 0.3 is 0 Å². The molecule has 1 heterocycles. The number of anilines is 1. The molecule has 0 spiro atoms. The summed E-state index contributed by atoms with van der Waals surface area (Å²) < 4.78 is 0. The minimum Gasteiger partial charge on any atom is -0.396 e. The van der Waals surface area contributed by atoms with Crippen LogP contribution in [0, 0.1) is 11.3 Å². The number of nitriles is 1. The van der Waals surface area contributed by atoms with Crippen LogP contribution in [0.2, 0.25) is 0 Å². The summed E-state index contributed by atoms with van der Waals surface area (Å²) in [6.07, 6.45) is 1.90. The minimum absolute atomic E-state index is 0.303. The zero-order chi connectivity index (χ0) is 8.27. The Hall–Kier alpha value is -1.21. The number of hydrogen-bond donors (Lipinski definition) is 1. The summed E-state index contributed by atoms with van der Waals surface area (Å²) in [5.74, 6) is 0. The molecule has 0 aliphatic carbocycles. The van der Waals surface area contributed by atoms with E-state index in [4.69, 9.17) is 11.0 Å². The molecule has 11 heavy (non-hydrogen) atoms. The first-order chi connectivity index (χ1) is 5.27. The summed E-state index contributed by atoms with van der Waals surface area (Å²) in [5.41, 5.74) is 6.20. The van der Waals surface area contributed by atoms with Crippen LogP contribution in [-0.2, 0) is 0 Å². The summed E-state index contributed by atoms with van der Waals surface area (Å²) in [6.45, 7) is 0. The Kier molecular flexibility index (Phi) is 2.34. The van der Waals surface area contributed by atoms with Gasteiger partial charge in [-0.15, -0.1) is 11.8 Å². The molecule has 0 amide bonds. The van der Waals surface area contributed by atoms with Gasteiger partial charge in [-0.1, -0.05) is 0 Å². The molecular weight excluding hydrogens is 158 g/mol. The third-order valence-corrected chi connectivity index (χ3v) is 1.86. The quantitative estimate of drug-likeness (QED) is 0.636. The van der Waals surface area contributed by atoms with E-state index < -0.39 is 0 Å². The van der Waals surface area contributed by atoms with Gasteiger partial charge in [-0.25, -0.2) is 4.98 Å². The molecule has 0 saturated carbocycles. The van der Waals surface area contributed by atoms with Crippen molar-refractivity contribution in [2.24, 2.45) is 0 Å². The van der Waals surface area contributed by atoms with Crippen LogP contribution in [0.1, 0.15) is 5.69 Å². The third-order valence-electron chi connectivity index (χ3n) is 1.22. The van der Waals surface area contributed by atoms with E-state index >= 15 is 0 Å². The number of thioether (sulfide) groups is 1. The number of hydrogen-bond acceptors (Lipinski definition) is 4. The Morgan fingerprint density at radius 1 is 1.64 bits per heavy atom. The molecule has 3 nitrogen and oxygen atoms in total. The second-order valence-electron chi connectivity index (χ2n) is 1.90. The van der Waals surface area contributed by atoms with E-state index in [1.54, 1.807) is 12.1 Å². The fourth-order valence-electron chi connectivity index (χ4n) is 0.655. The minimum atomic E-state index is 0.303. The van der Waals surface area contributed by atoms with Gasteiger partial charge in [0.25, 0.3) is 0 Å². The van der Waals surface area contributed by atoms with E-state index in [1.807, 2.05) is 12.3 Å². The lowest BCUT2D eigenvalue weighted by molar-refractivity contribution is 1.11. The van der Waals surface area contributed by atoms with Crippen molar-refractivity contribution >= 4 is 17.4 Å². The molecule has 0 saturated heterocycles. The summed E-state index contributed by atoms with van der Waals surface area (Å²) >= 11 is 1.49. The SMILES string of the molecule is CSc1ccc(N)c(C#N)n1. The first-order valence-corrected chi connectivity index (χ1v) is 4.21. The molecule has 0 aliphatic heterocycles. The molecule has 0 aromatic carbocycles. The number of rotatable bonds is 1. The number of nitrogens with two attached hydrogens (primary N) is 1. The maximum Gasteiger partial charge on any atom is 0.164 e. The van der Waals surface area contributed by atoms with Crippen molar-refractivity contribution < 1.29 is 0 Å². The smallest absolute Gasteiger partial charge is 0.164 e. The molecule has 0 radical (unpaired) electrons. The molecule has 0 bridgehead atoms. The predicted octanol–water partition coefficient (Wildman–Crippen LogP) is 1.26. The van der Waals surface area contributed by atoms with E-state index in [-0.39, 0.29) is 0 Å². The summed E-state index contributed by atoms with van der Waals surface area (Å²) in [6, 6.07) is 5.40. The van der Waals surface area contributed by atoms with E-state index in [1.165, 1.54) is 11.8 Å². The maximum absolute atomic E-state index is 8.54. The van der Waals surface area contributed by atoms with Crippen LogP contribution in [-0.4, -0.2) is 11.2 Å². The van der Waals surface area contributed by atoms with Crippen LogP contribution in [0.4, 0.5) is 5.69 Å². The number of pyridine rings is 1. The predicted molar refractivity (Wildman–Crippen MR) is 45.1 cm³/mol. The van der Waals surface area contributed by atoms with E-state index in [0.29, 0.717) is 11.4 Å². The summed E-state index contributed by atoms with van der Waals surface area (Å²) in [4.78, 5) is 3.99. The van der Waals surface area contributed by atoms with Gasteiger partial charge in [0.05, 0.1) is 10.7 Å². The number of nitrogens with zero attached hydrogens (tertiary/aromatic N) is 2. The summed E-state index contributed by atoms with van der Waals surface area (Å²) in [5, 5.41) is 9.35. The van der Waals surface area contributed by atoms with E-state index in [2.05, 4.69) is 4.98 Å². The summed E-state index contributed by atoms with van der Waals surface area (Å²) in [7, 11) is 0. The average Bonchev–Trinajstić information content (AvgIpc) is 2.05. The Bertz CT molecular complexity index is 303. The molecule has 1 rings (SSSR count). The van der Waals surface area contributed by atoms with Gasteiger partial charge in [-0.05, 0) is 18.4 Å². The zero-order valence-electron chi connectivity index (χ0n) is 6.03. The Labute approximate surface area is 69.2 Å². The van der Waals surface area contributed by atoms with E-state index in [0.717, 1.165) is 5.03 Å². The fraction of sp³-hybridized carbons (Fsp3) is 0.143. The van der Waals surface area contributed by atoms with Gasteiger partial charge < -0.3 is 5.73 Å². The Morgan fingerprint density at radius 3 is 2.91 bits per heavy atom. The van der Waals surface area contributed by atoms with Gasteiger partial charge in [0, 0.05) is 0 Å². The molecule has 0 unspecified atom stereocenters. The molecule has 1 aromatic heterocycles. The van der Waals surface area contributed by atoms with Crippen molar-refractivity contribution in [3.63, 3.8) is 0 Å². The zero-order valence-corrected chi connectivity index (χ0v) is 6.85. The first-order valence-electron chi connectivity index (χ1n) is 2.98. The van der Waals surface area contributed by atoms with Crippen LogP contribution in [0.5, 0.6) is 0 Å². The lowest BCUT2D eigenvalue weighted by atomic mass is 10.3. The van der Waals surface area contributed by atoms with Crippen molar-refractivity contribution in [1.82, 2.24) is 4.98 Å². The van der Waals surface area contributed by atoms with Gasteiger partial charge in [0.15, 0.2) is 5.69 Å². The maximum atomic E-state index is 8.54. The van der Waals surface area contributed by atoms with Crippen LogP contribution in [0.3, 0.4) is 0 Å². The number of aromatic nitrogens is 1. The fourth-order valence-corrected chi connectivity index (χ4v) is 1.04. The van der Waals surface area contributed by atoms with Crippen LogP contribution >= 0.6 is 11.8 Å². The second-order valence-corrected chi connectivity index (χ2v) is 2.73. The van der Waals surface area contributed by atoms with Gasteiger partial charge in [0.1, 0.15) is 6.07 Å². The van der Waals surface area contributed by atoms with Crippen molar-refractivity contribution in [3.8, 4) is 6.07 Å². The standard InChI is InChI=1S/C7H7N3S/c1-11-7-3-2-5(9)6(4-8)10-7/h2-3H,9H2,1H3. The lowest BCUT2D eigenvalue weighted by Gasteiger charge is -1.97. The number of nitrogen functional groups attached to an aromatic ring is 1.